The maximum Gasteiger partial charge on any atom is 0.226 e. The Morgan fingerprint density at radius 1 is 1.27 bits per heavy atom. The highest BCUT2D eigenvalue weighted by Gasteiger charge is 2.13. The van der Waals surface area contributed by atoms with E-state index in [1.165, 1.54) is 0 Å². The second-order valence-corrected chi connectivity index (χ2v) is 6.96. The fourth-order valence-corrected chi connectivity index (χ4v) is 3.17. The van der Waals surface area contributed by atoms with E-state index in [1.807, 2.05) is 31.2 Å². The van der Waals surface area contributed by atoms with E-state index in [0.717, 1.165) is 34.6 Å². The van der Waals surface area contributed by atoms with Crippen molar-refractivity contribution in [2.75, 3.05) is 48.4 Å². The quantitative estimate of drug-likeness (QED) is 0.749. The zero-order valence-electron chi connectivity index (χ0n) is 14.7. The molecule has 1 aliphatic rings. The van der Waals surface area contributed by atoms with Crippen LogP contribution in [0.25, 0.3) is 0 Å². The van der Waals surface area contributed by atoms with Crippen molar-refractivity contribution in [1.29, 1.82) is 0 Å². The molecule has 1 aliphatic heterocycles. The number of nitrogens with zero attached hydrogens (tertiary/aromatic N) is 3. The smallest absolute Gasteiger partial charge is 0.226 e. The lowest BCUT2D eigenvalue weighted by molar-refractivity contribution is -0.115. The van der Waals surface area contributed by atoms with E-state index in [2.05, 4.69) is 41.4 Å². The number of aromatic nitrogens is 2. The van der Waals surface area contributed by atoms with Gasteiger partial charge in [-0.05, 0) is 30.7 Å². The van der Waals surface area contributed by atoms with Crippen LogP contribution in [-0.4, -0.2) is 48.7 Å². The van der Waals surface area contributed by atoms with Gasteiger partial charge in [-0.1, -0.05) is 15.9 Å². The standard InChI is InChI=1S/C18H22BrN5O2/c1-13-10-14(19)2-3-15(13)23-18(25)4-5-20-16-11-17(22-12-21-16)24-6-8-26-9-7-24/h2-3,10-12H,4-9H2,1H3,(H,23,25)(H,20,21,22). The molecule has 0 aliphatic carbocycles. The number of carbonyl (C=O) groups is 1. The predicted molar refractivity (Wildman–Crippen MR) is 106 cm³/mol. The lowest BCUT2D eigenvalue weighted by Gasteiger charge is -2.27. The van der Waals surface area contributed by atoms with Gasteiger partial charge in [0.1, 0.15) is 18.0 Å². The van der Waals surface area contributed by atoms with Crippen LogP contribution in [0.1, 0.15) is 12.0 Å². The summed E-state index contributed by atoms with van der Waals surface area (Å²) in [5, 5.41) is 6.12. The first kappa shape index (κ1) is 18.6. The Bertz CT molecular complexity index is 765. The number of hydrogen-bond donors (Lipinski definition) is 2. The van der Waals surface area contributed by atoms with Crippen molar-refractivity contribution in [3.63, 3.8) is 0 Å². The summed E-state index contributed by atoms with van der Waals surface area (Å²) in [5.74, 6) is 1.56. The number of aryl methyl sites for hydroxylation is 1. The largest absolute Gasteiger partial charge is 0.378 e. The number of halogens is 1. The van der Waals surface area contributed by atoms with Crippen molar-refractivity contribution in [3.8, 4) is 0 Å². The van der Waals surface area contributed by atoms with Crippen LogP contribution in [0.4, 0.5) is 17.3 Å². The number of nitrogens with one attached hydrogen (secondary N) is 2. The van der Waals surface area contributed by atoms with Gasteiger partial charge >= 0.3 is 0 Å². The normalized spacial score (nSPS) is 14.2. The topological polar surface area (TPSA) is 79.4 Å². The van der Waals surface area contributed by atoms with Gasteiger partial charge in [0.05, 0.1) is 13.2 Å². The minimum atomic E-state index is -0.0367. The van der Waals surface area contributed by atoms with Crippen LogP contribution in [0.15, 0.2) is 35.1 Å². The summed E-state index contributed by atoms with van der Waals surface area (Å²) in [4.78, 5) is 22.8. The van der Waals surface area contributed by atoms with E-state index in [9.17, 15) is 4.79 Å². The molecule has 7 nitrogen and oxygen atoms in total. The lowest BCUT2D eigenvalue weighted by atomic mass is 10.2. The molecule has 2 N–H and O–H groups in total. The summed E-state index contributed by atoms with van der Waals surface area (Å²) in [6.07, 6.45) is 1.89. The van der Waals surface area contributed by atoms with Gasteiger partial charge in [-0.25, -0.2) is 9.97 Å². The first-order valence-electron chi connectivity index (χ1n) is 8.56. The van der Waals surface area contributed by atoms with Crippen molar-refractivity contribution in [2.24, 2.45) is 0 Å². The fraction of sp³-hybridized carbons (Fsp3) is 0.389. The molecule has 0 unspecified atom stereocenters. The molecule has 1 aromatic carbocycles. The van der Waals surface area contributed by atoms with Gasteiger partial charge in [0.25, 0.3) is 0 Å². The first-order chi connectivity index (χ1) is 12.6. The molecule has 1 saturated heterocycles. The maximum atomic E-state index is 12.1. The molecule has 0 spiro atoms. The van der Waals surface area contributed by atoms with Gasteiger partial charge in [-0.2, -0.15) is 0 Å². The van der Waals surface area contributed by atoms with Crippen LogP contribution in [0.2, 0.25) is 0 Å². The van der Waals surface area contributed by atoms with Crippen LogP contribution in [0.5, 0.6) is 0 Å². The molecule has 1 amide bonds. The van der Waals surface area contributed by atoms with Crippen LogP contribution in [-0.2, 0) is 9.53 Å². The van der Waals surface area contributed by atoms with Crippen molar-refractivity contribution < 1.29 is 9.53 Å². The molecule has 8 heteroatoms. The Balaban J connectivity index is 1.49. The molecular formula is C18H22BrN5O2. The van der Waals surface area contributed by atoms with Crippen molar-refractivity contribution in [1.82, 2.24) is 9.97 Å². The molecule has 2 aromatic rings. The number of ether oxygens (including phenoxy) is 1. The number of benzene rings is 1. The highest BCUT2D eigenvalue weighted by atomic mass is 79.9. The van der Waals surface area contributed by atoms with E-state index in [0.29, 0.717) is 32.0 Å². The molecule has 0 bridgehead atoms. The molecule has 1 aromatic heterocycles. The summed E-state index contributed by atoms with van der Waals surface area (Å²) in [5.41, 5.74) is 1.85. The van der Waals surface area contributed by atoms with Crippen LogP contribution in [0.3, 0.4) is 0 Å². The van der Waals surface area contributed by atoms with Gasteiger partial charge in [-0.15, -0.1) is 0 Å². The molecular weight excluding hydrogens is 398 g/mol. The number of amides is 1. The fourth-order valence-electron chi connectivity index (χ4n) is 2.69. The monoisotopic (exact) mass is 419 g/mol. The molecule has 0 radical (unpaired) electrons. The van der Waals surface area contributed by atoms with E-state index >= 15 is 0 Å². The Labute approximate surface area is 161 Å². The summed E-state index contributed by atoms with van der Waals surface area (Å²) in [6, 6.07) is 7.68. The second kappa shape index (κ2) is 8.95. The Morgan fingerprint density at radius 2 is 2.08 bits per heavy atom. The lowest BCUT2D eigenvalue weighted by Crippen LogP contribution is -2.36. The van der Waals surface area contributed by atoms with Crippen molar-refractivity contribution in [3.05, 3.63) is 40.6 Å². The van der Waals surface area contributed by atoms with Gasteiger partial charge in [-0.3, -0.25) is 4.79 Å². The zero-order chi connectivity index (χ0) is 18.4. The summed E-state index contributed by atoms with van der Waals surface area (Å²) in [6.45, 7) is 5.54. The summed E-state index contributed by atoms with van der Waals surface area (Å²) in [7, 11) is 0. The Hall–Kier alpha value is -2.19. The highest BCUT2D eigenvalue weighted by Crippen LogP contribution is 2.20. The Kier molecular flexibility index (Phi) is 6.40. The summed E-state index contributed by atoms with van der Waals surface area (Å²) < 4.78 is 6.35. The number of morpholine rings is 1. The molecule has 2 heterocycles. The predicted octanol–water partition coefficient (Wildman–Crippen LogP) is 2.82. The van der Waals surface area contributed by atoms with E-state index in [4.69, 9.17) is 4.74 Å². The summed E-state index contributed by atoms with van der Waals surface area (Å²) >= 11 is 3.42. The number of hydrogen-bond acceptors (Lipinski definition) is 6. The minimum Gasteiger partial charge on any atom is -0.378 e. The highest BCUT2D eigenvalue weighted by molar-refractivity contribution is 9.10. The van der Waals surface area contributed by atoms with Crippen LogP contribution in [0, 0.1) is 6.92 Å². The third-order valence-corrected chi connectivity index (χ3v) is 4.60. The number of rotatable bonds is 6. The minimum absolute atomic E-state index is 0.0367. The second-order valence-electron chi connectivity index (χ2n) is 6.05. The number of anilines is 3. The zero-order valence-corrected chi connectivity index (χ0v) is 16.3. The molecule has 0 saturated carbocycles. The number of carbonyl (C=O) groups excluding carboxylic acids is 1. The third kappa shape index (κ3) is 5.15. The van der Waals surface area contributed by atoms with E-state index < -0.39 is 0 Å². The average molecular weight is 420 g/mol. The maximum absolute atomic E-state index is 12.1. The van der Waals surface area contributed by atoms with Crippen LogP contribution >= 0.6 is 15.9 Å². The molecule has 138 valence electrons. The molecule has 3 rings (SSSR count). The van der Waals surface area contributed by atoms with Crippen molar-refractivity contribution in [2.45, 2.75) is 13.3 Å². The average Bonchev–Trinajstić information content (AvgIpc) is 2.65. The van der Waals surface area contributed by atoms with Gasteiger partial charge in [0, 0.05) is 42.3 Å². The van der Waals surface area contributed by atoms with E-state index in [-0.39, 0.29) is 5.91 Å². The molecule has 0 atom stereocenters. The van der Waals surface area contributed by atoms with Crippen LogP contribution < -0.4 is 15.5 Å². The first-order valence-corrected chi connectivity index (χ1v) is 9.36. The van der Waals surface area contributed by atoms with Crippen molar-refractivity contribution >= 4 is 39.2 Å². The molecule has 1 fully saturated rings. The SMILES string of the molecule is Cc1cc(Br)ccc1NC(=O)CCNc1cc(N2CCOCC2)ncn1. The van der Waals surface area contributed by atoms with Gasteiger partial charge in [0.15, 0.2) is 0 Å². The van der Waals surface area contributed by atoms with E-state index in [1.54, 1.807) is 6.33 Å². The molecule has 26 heavy (non-hydrogen) atoms. The third-order valence-electron chi connectivity index (χ3n) is 4.11. The Morgan fingerprint density at radius 3 is 2.85 bits per heavy atom. The van der Waals surface area contributed by atoms with Gasteiger partial charge < -0.3 is 20.3 Å². The van der Waals surface area contributed by atoms with Gasteiger partial charge in [0.2, 0.25) is 5.91 Å².